The second-order valence-corrected chi connectivity index (χ2v) is 5.83. The molecule has 5 heteroatoms. The minimum atomic E-state index is -0.0972. The molecule has 0 radical (unpaired) electrons. The average molecular weight is 295 g/mol. The van der Waals surface area contributed by atoms with Gasteiger partial charge in [0.05, 0.1) is 0 Å². The summed E-state index contributed by atoms with van der Waals surface area (Å²) in [5.41, 5.74) is 0.747. The van der Waals surface area contributed by atoms with Crippen LogP contribution in [0.25, 0.3) is 22.3 Å². The summed E-state index contributed by atoms with van der Waals surface area (Å²) in [6, 6.07) is 10.0. The molecule has 0 amide bonds. The van der Waals surface area contributed by atoms with Gasteiger partial charge in [-0.1, -0.05) is 36.3 Å². The summed E-state index contributed by atoms with van der Waals surface area (Å²) in [5, 5.41) is 6.24. The minimum absolute atomic E-state index is 0.0972. The van der Waals surface area contributed by atoms with E-state index in [-0.39, 0.29) is 6.10 Å². The van der Waals surface area contributed by atoms with Gasteiger partial charge in [0.2, 0.25) is 5.82 Å². The maximum absolute atomic E-state index is 5.75. The molecule has 0 saturated carbocycles. The number of pyridine rings is 1. The molecule has 112 valence electrons. The van der Waals surface area contributed by atoms with Crippen LogP contribution in [0.15, 0.2) is 41.1 Å². The van der Waals surface area contributed by atoms with Gasteiger partial charge in [0, 0.05) is 18.2 Å². The summed E-state index contributed by atoms with van der Waals surface area (Å²) in [4.78, 5) is 8.95. The van der Waals surface area contributed by atoms with Crippen LogP contribution in [-0.4, -0.2) is 21.7 Å². The van der Waals surface area contributed by atoms with Gasteiger partial charge < -0.3 is 9.26 Å². The van der Waals surface area contributed by atoms with Gasteiger partial charge >= 0.3 is 0 Å². The van der Waals surface area contributed by atoms with E-state index in [1.807, 2.05) is 30.3 Å². The molecule has 0 spiro atoms. The lowest BCUT2D eigenvalue weighted by molar-refractivity contribution is -0.0240. The normalized spacial score (nSPS) is 22.0. The molecule has 1 aromatic carbocycles. The van der Waals surface area contributed by atoms with Gasteiger partial charge in [0.1, 0.15) is 11.8 Å². The van der Waals surface area contributed by atoms with Crippen LogP contribution < -0.4 is 0 Å². The highest BCUT2D eigenvalue weighted by molar-refractivity contribution is 5.92. The number of hydrogen-bond donors (Lipinski definition) is 0. The summed E-state index contributed by atoms with van der Waals surface area (Å²) < 4.78 is 11.2. The van der Waals surface area contributed by atoms with Crippen LogP contribution in [0.4, 0.5) is 0 Å². The Labute approximate surface area is 128 Å². The smallest absolute Gasteiger partial charge is 0.256 e. The average Bonchev–Trinajstić information content (AvgIpc) is 3.04. The monoisotopic (exact) mass is 295 g/mol. The highest BCUT2D eigenvalue weighted by Crippen LogP contribution is 2.32. The van der Waals surface area contributed by atoms with E-state index in [9.17, 15) is 0 Å². The van der Waals surface area contributed by atoms with E-state index in [2.05, 4.69) is 22.0 Å². The van der Waals surface area contributed by atoms with Crippen LogP contribution in [0.5, 0.6) is 0 Å². The Morgan fingerprint density at radius 2 is 2.09 bits per heavy atom. The summed E-state index contributed by atoms with van der Waals surface area (Å²) >= 11 is 0. The zero-order chi connectivity index (χ0) is 14.9. The molecule has 2 aromatic heterocycles. The first-order valence-corrected chi connectivity index (χ1v) is 7.60. The predicted octanol–water partition coefficient (Wildman–Crippen LogP) is 3.77. The van der Waals surface area contributed by atoms with Gasteiger partial charge in [0.25, 0.3) is 5.89 Å². The number of nitrogens with zero attached hydrogens (tertiary/aromatic N) is 3. The lowest BCUT2D eigenvalue weighted by Gasteiger charge is -2.24. The van der Waals surface area contributed by atoms with Gasteiger partial charge in [-0.15, -0.1) is 0 Å². The lowest BCUT2D eigenvalue weighted by Crippen LogP contribution is -2.18. The van der Waals surface area contributed by atoms with Gasteiger partial charge in [-0.3, -0.25) is 4.98 Å². The fourth-order valence-corrected chi connectivity index (χ4v) is 2.89. The zero-order valence-corrected chi connectivity index (χ0v) is 12.4. The summed E-state index contributed by atoms with van der Waals surface area (Å²) in [6.07, 6.45) is 3.68. The molecule has 3 heterocycles. The maximum Gasteiger partial charge on any atom is 0.256 e. The lowest BCUT2D eigenvalue weighted by atomic mass is 9.98. The summed E-state index contributed by atoms with van der Waals surface area (Å²) in [6.45, 7) is 2.97. The van der Waals surface area contributed by atoms with Crippen molar-refractivity contribution >= 4 is 10.8 Å². The van der Waals surface area contributed by atoms with Crippen molar-refractivity contribution in [3.63, 3.8) is 0 Å². The highest BCUT2D eigenvalue weighted by Gasteiger charge is 2.26. The Bertz CT molecular complexity index is 794. The van der Waals surface area contributed by atoms with E-state index in [1.54, 1.807) is 6.20 Å². The van der Waals surface area contributed by atoms with E-state index < -0.39 is 0 Å². The van der Waals surface area contributed by atoms with Gasteiger partial charge in [-0.25, -0.2) is 0 Å². The predicted molar refractivity (Wildman–Crippen MR) is 82.1 cm³/mol. The Morgan fingerprint density at radius 3 is 3.00 bits per heavy atom. The van der Waals surface area contributed by atoms with E-state index in [1.165, 1.54) is 0 Å². The molecular formula is C17H17N3O2. The number of aromatic nitrogens is 3. The third-order valence-electron chi connectivity index (χ3n) is 4.15. The summed E-state index contributed by atoms with van der Waals surface area (Å²) in [7, 11) is 0. The quantitative estimate of drug-likeness (QED) is 0.720. The van der Waals surface area contributed by atoms with Crippen molar-refractivity contribution in [1.29, 1.82) is 0 Å². The second-order valence-electron chi connectivity index (χ2n) is 5.83. The van der Waals surface area contributed by atoms with Crippen molar-refractivity contribution in [3.8, 4) is 11.5 Å². The van der Waals surface area contributed by atoms with Crippen molar-refractivity contribution in [2.45, 2.75) is 25.9 Å². The van der Waals surface area contributed by atoms with Crippen LogP contribution >= 0.6 is 0 Å². The molecule has 1 saturated heterocycles. The van der Waals surface area contributed by atoms with E-state index in [0.717, 1.165) is 35.9 Å². The molecule has 2 atom stereocenters. The molecule has 0 aliphatic carbocycles. The number of benzene rings is 1. The van der Waals surface area contributed by atoms with Gasteiger partial charge in [-0.05, 0) is 30.2 Å². The Hall–Kier alpha value is -2.27. The first-order valence-electron chi connectivity index (χ1n) is 7.60. The van der Waals surface area contributed by atoms with Gasteiger partial charge in [-0.2, -0.15) is 4.98 Å². The molecule has 0 bridgehead atoms. The summed E-state index contributed by atoms with van der Waals surface area (Å²) in [5.74, 6) is 1.69. The van der Waals surface area contributed by atoms with Crippen molar-refractivity contribution < 1.29 is 9.26 Å². The largest absolute Gasteiger partial charge is 0.368 e. The molecule has 1 aliphatic rings. The first kappa shape index (κ1) is 13.4. The molecule has 22 heavy (non-hydrogen) atoms. The number of ether oxygens (including phenoxy) is 1. The van der Waals surface area contributed by atoms with Crippen molar-refractivity contribution in [2.24, 2.45) is 5.92 Å². The van der Waals surface area contributed by atoms with Crippen molar-refractivity contribution in [1.82, 2.24) is 15.1 Å². The van der Waals surface area contributed by atoms with Gasteiger partial charge in [0.15, 0.2) is 0 Å². The third kappa shape index (κ3) is 2.37. The van der Waals surface area contributed by atoms with Crippen LogP contribution in [0.2, 0.25) is 0 Å². The second kappa shape index (κ2) is 5.50. The van der Waals surface area contributed by atoms with Crippen LogP contribution in [0.3, 0.4) is 0 Å². The number of fused-ring (bicyclic) bond motifs is 1. The number of hydrogen-bond acceptors (Lipinski definition) is 5. The topological polar surface area (TPSA) is 61.0 Å². The van der Waals surface area contributed by atoms with Crippen LogP contribution in [0.1, 0.15) is 31.8 Å². The van der Waals surface area contributed by atoms with E-state index in [4.69, 9.17) is 9.26 Å². The molecule has 3 aromatic rings. The van der Waals surface area contributed by atoms with Crippen molar-refractivity contribution in [2.75, 3.05) is 6.61 Å². The maximum atomic E-state index is 5.75. The molecule has 5 nitrogen and oxygen atoms in total. The minimum Gasteiger partial charge on any atom is -0.368 e. The Kier molecular flexibility index (Phi) is 3.35. The molecule has 4 rings (SSSR count). The van der Waals surface area contributed by atoms with Crippen LogP contribution in [-0.2, 0) is 4.74 Å². The SMILES string of the molecule is C[C@H]1CCO[C@H](c2nc(-c3nccc4ccccc34)no2)C1. The Balaban J connectivity index is 1.71. The number of rotatable bonds is 2. The van der Waals surface area contributed by atoms with E-state index >= 15 is 0 Å². The zero-order valence-electron chi connectivity index (χ0n) is 12.4. The van der Waals surface area contributed by atoms with Crippen LogP contribution in [0, 0.1) is 5.92 Å². The Morgan fingerprint density at radius 1 is 1.18 bits per heavy atom. The molecule has 1 fully saturated rings. The molecule has 0 unspecified atom stereocenters. The van der Waals surface area contributed by atoms with E-state index in [0.29, 0.717) is 17.6 Å². The third-order valence-corrected chi connectivity index (χ3v) is 4.15. The highest BCUT2D eigenvalue weighted by atomic mass is 16.5. The standard InChI is InChI=1S/C17H17N3O2/c1-11-7-9-21-14(10-11)17-19-16(20-22-17)15-13-5-3-2-4-12(13)6-8-18-15/h2-6,8,11,14H,7,9-10H2,1H3/t11-,14-/m0/s1. The molecule has 1 aliphatic heterocycles. The molecular weight excluding hydrogens is 278 g/mol. The molecule has 0 N–H and O–H groups in total. The fraction of sp³-hybridized carbons (Fsp3) is 0.353. The van der Waals surface area contributed by atoms with Crippen molar-refractivity contribution in [3.05, 3.63) is 42.4 Å². The fourth-order valence-electron chi connectivity index (χ4n) is 2.89. The first-order chi connectivity index (χ1) is 10.8.